The van der Waals surface area contributed by atoms with Crippen LogP contribution in [0.4, 0.5) is 0 Å². The number of hydrogen-bond acceptors (Lipinski definition) is 2. The van der Waals surface area contributed by atoms with E-state index < -0.39 is 5.97 Å². The first kappa shape index (κ1) is 14.3. The Morgan fingerprint density at radius 3 is 3.09 bits per heavy atom. The minimum atomic E-state index is -0.701. The highest BCUT2D eigenvalue weighted by molar-refractivity contribution is 5.67. The van der Waals surface area contributed by atoms with Gasteiger partial charge in [0.1, 0.15) is 0 Å². The summed E-state index contributed by atoms with van der Waals surface area (Å²) in [5.74, 6) is 0.0885. The van der Waals surface area contributed by atoms with E-state index in [1.54, 1.807) is 5.56 Å². The second kappa shape index (κ2) is 5.38. The molecule has 0 spiro atoms. The minimum Gasteiger partial charge on any atom is -0.481 e. The summed E-state index contributed by atoms with van der Waals surface area (Å²) in [6.45, 7) is 1.14. The Kier molecular flexibility index (Phi) is 3.48. The molecule has 3 heteroatoms. The number of carboxylic acid groups (broad SMARTS) is 1. The average molecular weight is 299 g/mol. The van der Waals surface area contributed by atoms with Crippen LogP contribution in [0, 0.1) is 5.92 Å². The molecule has 1 saturated heterocycles. The lowest BCUT2D eigenvalue weighted by Gasteiger charge is -2.56. The van der Waals surface area contributed by atoms with Crippen molar-refractivity contribution in [3.05, 3.63) is 34.9 Å². The van der Waals surface area contributed by atoms with Crippen molar-refractivity contribution in [1.29, 1.82) is 0 Å². The lowest BCUT2D eigenvalue weighted by molar-refractivity contribution is -0.136. The fraction of sp³-hybridized carbons (Fsp3) is 0.632. The third-order valence-electron chi connectivity index (χ3n) is 6.34. The van der Waals surface area contributed by atoms with Gasteiger partial charge in [0.25, 0.3) is 0 Å². The molecule has 4 rings (SSSR count). The molecule has 3 aliphatic rings. The third kappa shape index (κ3) is 2.18. The monoisotopic (exact) mass is 299 g/mol. The normalized spacial score (nSPS) is 32.9. The van der Waals surface area contributed by atoms with E-state index in [-0.39, 0.29) is 6.42 Å². The summed E-state index contributed by atoms with van der Waals surface area (Å²) in [6, 6.07) is 7.44. The van der Waals surface area contributed by atoms with Crippen LogP contribution in [-0.2, 0) is 23.1 Å². The molecule has 3 nitrogen and oxygen atoms in total. The highest BCUT2D eigenvalue weighted by atomic mass is 16.4. The Morgan fingerprint density at radius 1 is 1.32 bits per heavy atom. The van der Waals surface area contributed by atoms with E-state index in [9.17, 15) is 4.79 Å². The predicted octanol–water partition coefficient (Wildman–Crippen LogP) is 3.05. The predicted molar refractivity (Wildman–Crippen MR) is 86.1 cm³/mol. The Hall–Kier alpha value is -1.35. The molecule has 1 aromatic carbocycles. The van der Waals surface area contributed by atoms with Crippen LogP contribution in [0.15, 0.2) is 18.2 Å². The molecule has 2 bridgehead atoms. The van der Waals surface area contributed by atoms with Crippen LogP contribution < -0.4 is 5.32 Å². The van der Waals surface area contributed by atoms with Gasteiger partial charge in [-0.1, -0.05) is 31.0 Å². The average Bonchev–Trinajstić information content (AvgIpc) is 2.53. The van der Waals surface area contributed by atoms with Crippen molar-refractivity contribution in [3.8, 4) is 0 Å². The van der Waals surface area contributed by atoms with Crippen molar-refractivity contribution >= 4 is 5.97 Å². The molecular formula is C19H25NO2. The van der Waals surface area contributed by atoms with Gasteiger partial charge in [0.15, 0.2) is 0 Å². The molecule has 0 aromatic heterocycles. The molecule has 1 aliphatic heterocycles. The number of benzene rings is 1. The molecule has 1 heterocycles. The topological polar surface area (TPSA) is 49.3 Å². The van der Waals surface area contributed by atoms with Crippen molar-refractivity contribution in [3.63, 3.8) is 0 Å². The molecule has 2 fully saturated rings. The summed E-state index contributed by atoms with van der Waals surface area (Å²) in [6.07, 6.45) is 8.71. The summed E-state index contributed by atoms with van der Waals surface area (Å²) in [7, 11) is 0. The Balaban J connectivity index is 1.73. The maximum atomic E-state index is 10.9. The third-order valence-corrected chi connectivity index (χ3v) is 6.34. The molecule has 0 radical (unpaired) electrons. The quantitative estimate of drug-likeness (QED) is 0.902. The number of piperidine rings is 1. The van der Waals surface area contributed by atoms with E-state index in [4.69, 9.17) is 5.11 Å². The summed E-state index contributed by atoms with van der Waals surface area (Å²) < 4.78 is 0. The zero-order chi connectivity index (χ0) is 15.2. The van der Waals surface area contributed by atoms with E-state index in [1.807, 2.05) is 0 Å². The second-order valence-corrected chi connectivity index (χ2v) is 7.41. The van der Waals surface area contributed by atoms with Crippen LogP contribution >= 0.6 is 0 Å². The van der Waals surface area contributed by atoms with Crippen molar-refractivity contribution in [2.75, 3.05) is 6.54 Å². The number of carbonyl (C=O) groups is 1. The van der Waals surface area contributed by atoms with Gasteiger partial charge in [0.2, 0.25) is 0 Å². The maximum Gasteiger partial charge on any atom is 0.303 e. The van der Waals surface area contributed by atoms with Crippen molar-refractivity contribution in [1.82, 2.24) is 5.32 Å². The highest BCUT2D eigenvalue weighted by Crippen LogP contribution is 2.53. The number of rotatable bonds is 3. The zero-order valence-electron chi connectivity index (χ0n) is 13.1. The van der Waals surface area contributed by atoms with E-state index in [0.29, 0.717) is 17.9 Å². The van der Waals surface area contributed by atoms with Crippen LogP contribution in [0.1, 0.15) is 55.2 Å². The highest BCUT2D eigenvalue weighted by Gasteiger charge is 2.51. The van der Waals surface area contributed by atoms with Crippen molar-refractivity contribution in [2.45, 2.75) is 62.8 Å². The first-order chi connectivity index (χ1) is 10.7. The molecule has 2 aliphatic carbocycles. The van der Waals surface area contributed by atoms with E-state index in [2.05, 4.69) is 23.5 Å². The molecule has 1 saturated carbocycles. The van der Waals surface area contributed by atoms with Gasteiger partial charge in [-0.05, 0) is 61.3 Å². The van der Waals surface area contributed by atoms with Gasteiger partial charge >= 0.3 is 5.97 Å². The number of hydrogen-bond donors (Lipinski definition) is 2. The van der Waals surface area contributed by atoms with E-state index >= 15 is 0 Å². The number of aryl methyl sites for hydroxylation is 1. The Morgan fingerprint density at radius 2 is 2.23 bits per heavy atom. The van der Waals surface area contributed by atoms with Crippen LogP contribution in [0.2, 0.25) is 0 Å². The number of aliphatic carboxylic acids is 1. The number of carboxylic acids is 1. The maximum absolute atomic E-state index is 10.9. The molecule has 0 amide bonds. The summed E-state index contributed by atoms with van der Waals surface area (Å²) >= 11 is 0. The van der Waals surface area contributed by atoms with E-state index in [0.717, 1.165) is 18.9 Å². The molecule has 0 unspecified atom stereocenters. The second-order valence-electron chi connectivity index (χ2n) is 7.41. The van der Waals surface area contributed by atoms with Gasteiger partial charge in [-0.2, -0.15) is 0 Å². The number of fused-ring (bicyclic) bond motifs is 1. The smallest absolute Gasteiger partial charge is 0.303 e. The molecule has 2 N–H and O–H groups in total. The summed E-state index contributed by atoms with van der Waals surface area (Å²) in [4.78, 5) is 10.9. The lowest BCUT2D eigenvalue weighted by atomic mass is 9.52. The van der Waals surface area contributed by atoms with Crippen molar-refractivity contribution < 1.29 is 9.90 Å². The minimum absolute atomic E-state index is 0.236. The van der Waals surface area contributed by atoms with Gasteiger partial charge < -0.3 is 10.4 Å². The molecule has 1 aromatic rings. The van der Waals surface area contributed by atoms with Crippen LogP contribution in [0.3, 0.4) is 0 Å². The lowest BCUT2D eigenvalue weighted by Crippen LogP contribution is -2.59. The van der Waals surface area contributed by atoms with Crippen LogP contribution in [-0.4, -0.2) is 23.7 Å². The SMILES string of the molecule is O=C(O)CCc1ccc2c(c1)[C@@]13CCCC[C@@H]1[C@@H](C2)NCC3. The molecular weight excluding hydrogens is 274 g/mol. The summed E-state index contributed by atoms with van der Waals surface area (Å²) in [5, 5.41) is 12.7. The van der Waals surface area contributed by atoms with Crippen molar-refractivity contribution in [2.24, 2.45) is 5.92 Å². The first-order valence-corrected chi connectivity index (χ1v) is 8.76. The standard InChI is InChI=1S/C19H25NO2/c21-18(22)7-5-13-4-6-14-12-17-15-3-1-2-8-19(15,9-10-20-17)16(14)11-13/h4,6,11,15,17,20H,1-3,5,7-10,12H2,(H,21,22)/t15-,17-,19-/m1/s1. The van der Waals surface area contributed by atoms with Gasteiger partial charge in [0, 0.05) is 17.9 Å². The van der Waals surface area contributed by atoms with Gasteiger partial charge in [0.05, 0.1) is 0 Å². The fourth-order valence-corrected chi connectivity index (χ4v) is 5.38. The van der Waals surface area contributed by atoms with Gasteiger partial charge in [-0.25, -0.2) is 0 Å². The van der Waals surface area contributed by atoms with E-state index in [1.165, 1.54) is 43.2 Å². The summed E-state index contributed by atoms with van der Waals surface area (Å²) in [5.41, 5.74) is 4.66. The largest absolute Gasteiger partial charge is 0.481 e. The first-order valence-electron chi connectivity index (χ1n) is 8.76. The van der Waals surface area contributed by atoms with Gasteiger partial charge in [-0.15, -0.1) is 0 Å². The fourth-order valence-electron chi connectivity index (χ4n) is 5.38. The van der Waals surface area contributed by atoms with Crippen LogP contribution in [0.5, 0.6) is 0 Å². The molecule has 22 heavy (non-hydrogen) atoms. The molecule has 118 valence electrons. The Bertz CT molecular complexity index is 593. The van der Waals surface area contributed by atoms with Crippen LogP contribution in [0.25, 0.3) is 0 Å². The molecule has 3 atom stereocenters. The zero-order valence-corrected chi connectivity index (χ0v) is 13.1. The number of nitrogens with one attached hydrogen (secondary N) is 1. The Labute approximate surface area is 132 Å². The van der Waals surface area contributed by atoms with Gasteiger partial charge in [-0.3, -0.25) is 4.79 Å².